The number of amides is 2. The maximum absolute atomic E-state index is 12.2. The van der Waals surface area contributed by atoms with Crippen LogP contribution in [0.4, 0.5) is 10.5 Å². The number of piperazine rings is 1. The Labute approximate surface area is 200 Å². The Bertz CT molecular complexity index is 803. The van der Waals surface area contributed by atoms with Crippen molar-refractivity contribution in [2.45, 2.75) is 32.8 Å². The summed E-state index contributed by atoms with van der Waals surface area (Å²) in [5, 5.41) is 0. The van der Waals surface area contributed by atoms with Gasteiger partial charge in [0.15, 0.2) is 12.6 Å². The average Bonchev–Trinajstić information content (AvgIpc) is 2.71. The molecule has 3 rings (SSSR count). The lowest BCUT2D eigenvalue weighted by Crippen LogP contribution is -2.53. The molecule has 172 valence electrons. The fourth-order valence-electron chi connectivity index (χ4n) is 3.37. The van der Waals surface area contributed by atoms with E-state index in [1.165, 1.54) is 0 Å². The van der Waals surface area contributed by atoms with Gasteiger partial charge < -0.3 is 29.9 Å². The van der Waals surface area contributed by atoms with Crippen molar-refractivity contribution >= 4 is 47.6 Å². The summed E-state index contributed by atoms with van der Waals surface area (Å²) in [5.41, 5.74) is 6.43. The van der Waals surface area contributed by atoms with Crippen molar-refractivity contribution in [1.29, 1.82) is 0 Å². The molecule has 0 spiro atoms. The number of halogens is 1. The maximum Gasteiger partial charge on any atom is 0.410 e. The van der Waals surface area contributed by atoms with Crippen LogP contribution in [0.2, 0.25) is 0 Å². The first-order valence-corrected chi connectivity index (χ1v) is 10.3. The number of carbonyl (C=O) groups excluding carboxylic acids is 2. The number of carbonyl (C=O) groups is 2. The first kappa shape index (κ1) is 25.0. The zero-order valence-electron chi connectivity index (χ0n) is 18.4. The standard InChI is InChI=1S/C21H31N5O4.HI/c1-21(2,3)30-20(28)25-13-11-24(12-14-25)19(22)23-9-6-10-26-16-7-4-5-8-17(16)29-15-18(26)27;/h4-5,7-8H,6,9-15H2,1-3H3,(H2,22,23);1H. The molecule has 31 heavy (non-hydrogen) atoms. The summed E-state index contributed by atoms with van der Waals surface area (Å²) in [6.45, 7) is 9.03. The molecular formula is C21H32IN5O4. The van der Waals surface area contributed by atoms with Gasteiger partial charge in [-0.3, -0.25) is 9.79 Å². The van der Waals surface area contributed by atoms with Gasteiger partial charge in [-0.25, -0.2) is 4.79 Å². The van der Waals surface area contributed by atoms with Crippen molar-refractivity contribution < 1.29 is 19.1 Å². The van der Waals surface area contributed by atoms with Crippen molar-refractivity contribution in [3.63, 3.8) is 0 Å². The van der Waals surface area contributed by atoms with Crippen LogP contribution < -0.4 is 15.4 Å². The minimum absolute atomic E-state index is 0. The highest BCUT2D eigenvalue weighted by Gasteiger charge is 2.27. The van der Waals surface area contributed by atoms with Crippen molar-refractivity contribution in [3.8, 4) is 5.75 Å². The molecule has 2 N–H and O–H groups in total. The number of anilines is 1. The highest BCUT2D eigenvalue weighted by Crippen LogP contribution is 2.31. The molecule has 2 aliphatic heterocycles. The topological polar surface area (TPSA) is 101 Å². The Balaban J connectivity index is 0.00000341. The molecule has 0 aliphatic carbocycles. The Morgan fingerprint density at radius 1 is 1.16 bits per heavy atom. The number of benzene rings is 1. The fraction of sp³-hybridized carbons (Fsp3) is 0.571. The van der Waals surface area contributed by atoms with E-state index in [4.69, 9.17) is 15.2 Å². The van der Waals surface area contributed by atoms with Crippen LogP contribution in [-0.4, -0.2) is 79.2 Å². The van der Waals surface area contributed by atoms with Crippen LogP contribution in [0, 0.1) is 0 Å². The predicted molar refractivity (Wildman–Crippen MR) is 130 cm³/mol. The van der Waals surface area contributed by atoms with Gasteiger partial charge in [0.1, 0.15) is 11.4 Å². The lowest BCUT2D eigenvalue weighted by Gasteiger charge is -2.36. The number of hydrogen-bond acceptors (Lipinski definition) is 5. The van der Waals surface area contributed by atoms with Gasteiger partial charge >= 0.3 is 6.09 Å². The Morgan fingerprint density at radius 2 is 1.81 bits per heavy atom. The molecule has 2 amide bonds. The van der Waals surface area contributed by atoms with Gasteiger partial charge in [-0.1, -0.05) is 12.1 Å². The molecule has 1 fully saturated rings. The van der Waals surface area contributed by atoms with Crippen molar-refractivity contribution in [3.05, 3.63) is 24.3 Å². The smallest absolute Gasteiger partial charge is 0.410 e. The third-order valence-electron chi connectivity index (χ3n) is 4.88. The number of para-hydroxylation sites is 2. The van der Waals surface area contributed by atoms with Crippen LogP contribution in [0.5, 0.6) is 5.75 Å². The second-order valence-corrected chi connectivity index (χ2v) is 8.35. The summed E-state index contributed by atoms with van der Waals surface area (Å²) in [6.07, 6.45) is 0.395. The van der Waals surface area contributed by atoms with E-state index >= 15 is 0 Å². The van der Waals surface area contributed by atoms with Crippen LogP contribution in [0.25, 0.3) is 0 Å². The molecule has 9 nitrogen and oxygen atoms in total. The second kappa shape index (κ2) is 10.9. The molecule has 0 radical (unpaired) electrons. The van der Waals surface area contributed by atoms with E-state index in [0.29, 0.717) is 51.6 Å². The first-order chi connectivity index (χ1) is 14.2. The molecule has 1 saturated heterocycles. The number of hydrogen-bond donors (Lipinski definition) is 1. The molecule has 0 aromatic heterocycles. The van der Waals surface area contributed by atoms with Gasteiger partial charge in [-0.2, -0.15) is 0 Å². The lowest BCUT2D eigenvalue weighted by atomic mass is 10.2. The summed E-state index contributed by atoms with van der Waals surface area (Å²) in [7, 11) is 0. The zero-order valence-corrected chi connectivity index (χ0v) is 20.7. The van der Waals surface area contributed by atoms with Crippen molar-refractivity contribution in [2.75, 3.05) is 50.8 Å². The molecule has 1 aromatic rings. The van der Waals surface area contributed by atoms with Crippen LogP contribution in [0.3, 0.4) is 0 Å². The molecule has 2 heterocycles. The van der Waals surface area contributed by atoms with Crippen molar-refractivity contribution in [2.24, 2.45) is 10.7 Å². The van der Waals surface area contributed by atoms with Gasteiger partial charge in [0, 0.05) is 39.3 Å². The Kier molecular flexibility index (Phi) is 8.78. The Morgan fingerprint density at radius 3 is 2.48 bits per heavy atom. The average molecular weight is 545 g/mol. The number of fused-ring (bicyclic) bond motifs is 1. The third kappa shape index (κ3) is 6.88. The second-order valence-electron chi connectivity index (χ2n) is 8.35. The quantitative estimate of drug-likeness (QED) is 0.270. The van der Waals surface area contributed by atoms with Gasteiger partial charge in [0.2, 0.25) is 0 Å². The minimum atomic E-state index is -0.503. The van der Waals surface area contributed by atoms with Gasteiger partial charge in [0.05, 0.1) is 5.69 Å². The molecule has 10 heteroatoms. The normalized spacial score (nSPS) is 16.9. The van der Waals surface area contributed by atoms with Gasteiger partial charge in [-0.15, -0.1) is 24.0 Å². The minimum Gasteiger partial charge on any atom is -0.482 e. The van der Waals surface area contributed by atoms with Gasteiger partial charge in [0.25, 0.3) is 5.91 Å². The summed E-state index contributed by atoms with van der Waals surface area (Å²) in [5.74, 6) is 1.14. The molecule has 0 atom stereocenters. The van der Waals surface area contributed by atoms with E-state index in [2.05, 4.69) is 4.99 Å². The number of ether oxygens (including phenoxy) is 2. The zero-order chi connectivity index (χ0) is 21.7. The number of rotatable bonds is 4. The van der Waals surface area contributed by atoms with E-state index in [0.717, 1.165) is 11.4 Å². The molecule has 0 saturated carbocycles. The number of nitrogens with two attached hydrogens (primary N) is 1. The van der Waals surface area contributed by atoms with Crippen LogP contribution in [-0.2, 0) is 9.53 Å². The summed E-state index contributed by atoms with van der Waals surface area (Å²) < 4.78 is 10.9. The number of guanidine groups is 1. The van der Waals surface area contributed by atoms with E-state index in [1.807, 2.05) is 49.9 Å². The number of nitrogens with zero attached hydrogens (tertiary/aromatic N) is 4. The molecular weight excluding hydrogens is 513 g/mol. The lowest BCUT2D eigenvalue weighted by molar-refractivity contribution is -0.121. The highest BCUT2D eigenvalue weighted by molar-refractivity contribution is 14.0. The maximum atomic E-state index is 12.2. The SMILES string of the molecule is CC(C)(C)OC(=O)N1CCN(C(N)=NCCCN2C(=O)COc3ccccc32)CC1.I. The molecule has 2 aliphatic rings. The van der Waals surface area contributed by atoms with Crippen molar-refractivity contribution in [1.82, 2.24) is 9.80 Å². The third-order valence-corrected chi connectivity index (χ3v) is 4.88. The summed E-state index contributed by atoms with van der Waals surface area (Å²) in [6, 6.07) is 7.53. The first-order valence-electron chi connectivity index (χ1n) is 10.3. The van der Waals surface area contributed by atoms with Crippen LogP contribution >= 0.6 is 24.0 Å². The molecule has 0 unspecified atom stereocenters. The fourth-order valence-corrected chi connectivity index (χ4v) is 3.37. The van der Waals surface area contributed by atoms with E-state index < -0.39 is 5.60 Å². The highest BCUT2D eigenvalue weighted by atomic mass is 127. The molecule has 1 aromatic carbocycles. The van der Waals surface area contributed by atoms with E-state index in [1.54, 1.807) is 9.80 Å². The summed E-state index contributed by atoms with van der Waals surface area (Å²) in [4.78, 5) is 34.2. The largest absolute Gasteiger partial charge is 0.482 e. The Hall–Kier alpha value is -2.24. The van der Waals surface area contributed by atoms with Crippen LogP contribution in [0.15, 0.2) is 29.3 Å². The van der Waals surface area contributed by atoms with E-state index in [-0.39, 0.29) is 42.6 Å². The predicted octanol–water partition coefficient (Wildman–Crippen LogP) is 2.29. The van der Waals surface area contributed by atoms with Crippen LogP contribution in [0.1, 0.15) is 27.2 Å². The molecule has 0 bridgehead atoms. The summed E-state index contributed by atoms with van der Waals surface area (Å²) >= 11 is 0. The van der Waals surface area contributed by atoms with E-state index in [9.17, 15) is 9.59 Å². The van der Waals surface area contributed by atoms with Gasteiger partial charge in [-0.05, 0) is 39.3 Å². The monoisotopic (exact) mass is 545 g/mol. The number of aliphatic imine (C=N–C) groups is 1.